The molecule has 1 fully saturated rings. The summed E-state index contributed by atoms with van der Waals surface area (Å²) in [6.07, 6.45) is 0.537. The number of rotatable bonds is 0. The molecule has 2 nitrogen and oxygen atoms in total. The first-order valence-corrected chi connectivity index (χ1v) is 3.01. The van der Waals surface area contributed by atoms with E-state index in [9.17, 15) is 0 Å². The fourth-order valence-electron chi connectivity index (χ4n) is 0.858. The smallest absolute Gasteiger partial charge is 0.155 e. The first kappa shape index (κ1) is 6.05. The van der Waals surface area contributed by atoms with E-state index < -0.39 is 0 Å². The van der Waals surface area contributed by atoms with Crippen LogP contribution in [0.2, 0.25) is 0 Å². The van der Waals surface area contributed by atoms with Crippen molar-refractivity contribution < 1.29 is 9.47 Å². The summed E-state index contributed by atoms with van der Waals surface area (Å²) in [5.74, 6) is 0. The van der Waals surface area contributed by atoms with Crippen molar-refractivity contribution in [3.05, 3.63) is 0 Å². The van der Waals surface area contributed by atoms with Crippen molar-refractivity contribution in [1.82, 2.24) is 0 Å². The quantitative estimate of drug-likeness (QED) is 0.472. The first-order chi connectivity index (χ1) is 3.70. The summed E-state index contributed by atoms with van der Waals surface area (Å²) >= 11 is 0. The number of hydrogen-bond donors (Lipinski definition) is 0. The summed E-state index contributed by atoms with van der Waals surface area (Å²) in [6, 6.07) is 0. The molecule has 48 valence electrons. The van der Waals surface area contributed by atoms with Crippen LogP contribution in [-0.2, 0) is 9.47 Å². The predicted molar refractivity (Wildman–Crippen MR) is 30.6 cm³/mol. The Labute approximate surface area is 49.8 Å². The molecule has 0 aromatic carbocycles. The van der Waals surface area contributed by atoms with E-state index in [0.29, 0.717) is 0 Å². The third-order valence-corrected chi connectivity index (χ3v) is 1.47. The highest BCUT2D eigenvalue weighted by molar-refractivity contribution is 4.66. The van der Waals surface area contributed by atoms with Crippen LogP contribution in [0, 0.1) is 0 Å². The lowest BCUT2D eigenvalue weighted by Crippen LogP contribution is -2.13. The third kappa shape index (κ3) is 1.01. The van der Waals surface area contributed by atoms with Crippen LogP contribution in [0.5, 0.6) is 0 Å². The van der Waals surface area contributed by atoms with Crippen LogP contribution in [-0.4, -0.2) is 18.5 Å². The molecule has 0 aliphatic carbocycles. The largest absolute Gasteiger partial charge is 0.347 e. The van der Waals surface area contributed by atoms with Gasteiger partial charge in [0.1, 0.15) is 0 Å². The Morgan fingerprint density at radius 1 is 0.875 bits per heavy atom. The first-order valence-electron chi connectivity index (χ1n) is 3.01. The van der Waals surface area contributed by atoms with Crippen molar-refractivity contribution in [2.75, 3.05) is 0 Å². The van der Waals surface area contributed by atoms with Gasteiger partial charge in [-0.1, -0.05) is 0 Å². The fourth-order valence-corrected chi connectivity index (χ4v) is 0.858. The van der Waals surface area contributed by atoms with Crippen LogP contribution in [0.15, 0.2) is 0 Å². The van der Waals surface area contributed by atoms with Gasteiger partial charge in [-0.15, -0.1) is 0 Å². The van der Waals surface area contributed by atoms with Gasteiger partial charge in [-0.25, -0.2) is 0 Å². The summed E-state index contributed by atoms with van der Waals surface area (Å²) in [4.78, 5) is 0. The summed E-state index contributed by atoms with van der Waals surface area (Å²) in [7, 11) is 0. The van der Waals surface area contributed by atoms with Gasteiger partial charge in [0, 0.05) is 0 Å². The van der Waals surface area contributed by atoms with Gasteiger partial charge in [0.2, 0.25) is 0 Å². The Bertz CT molecular complexity index is 72.6. The standard InChI is InChI=1S/C6H12O2/c1-4-5(2)8-6(3)7-4/h4-6H,1-3H3/t4-,5+,6?. The number of hydrogen-bond acceptors (Lipinski definition) is 2. The Morgan fingerprint density at radius 2 is 1.25 bits per heavy atom. The summed E-state index contributed by atoms with van der Waals surface area (Å²) in [6.45, 7) is 5.96. The Morgan fingerprint density at radius 3 is 1.38 bits per heavy atom. The van der Waals surface area contributed by atoms with Crippen molar-refractivity contribution in [1.29, 1.82) is 0 Å². The van der Waals surface area contributed by atoms with Gasteiger partial charge < -0.3 is 9.47 Å². The van der Waals surface area contributed by atoms with Crippen LogP contribution in [0.25, 0.3) is 0 Å². The highest BCUT2D eigenvalue weighted by Gasteiger charge is 2.25. The molecule has 8 heavy (non-hydrogen) atoms. The fraction of sp³-hybridized carbons (Fsp3) is 1.00. The molecule has 1 heterocycles. The van der Waals surface area contributed by atoms with Gasteiger partial charge in [0.05, 0.1) is 12.2 Å². The minimum atomic E-state index is -0.000000000000000222. The highest BCUT2D eigenvalue weighted by atomic mass is 16.7. The maximum absolute atomic E-state index is 5.25. The molecular formula is C6H12O2. The zero-order valence-corrected chi connectivity index (χ0v) is 5.55. The average Bonchev–Trinajstić information content (AvgIpc) is 1.85. The van der Waals surface area contributed by atoms with E-state index in [0.717, 1.165) is 0 Å². The van der Waals surface area contributed by atoms with Gasteiger partial charge in [-0.3, -0.25) is 0 Å². The monoisotopic (exact) mass is 116 g/mol. The van der Waals surface area contributed by atoms with Gasteiger partial charge in [0.15, 0.2) is 6.29 Å². The molecule has 0 N–H and O–H groups in total. The Hall–Kier alpha value is -0.0800. The summed E-state index contributed by atoms with van der Waals surface area (Å²) in [5, 5.41) is 0. The van der Waals surface area contributed by atoms with E-state index in [4.69, 9.17) is 9.47 Å². The van der Waals surface area contributed by atoms with Gasteiger partial charge in [0.25, 0.3) is 0 Å². The lowest BCUT2D eigenvalue weighted by Gasteiger charge is -2.02. The van der Waals surface area contributed by atoms with Crippen molar-refractivity contribution >= 4 is 0 Å². The summed E-state index contributed by atoms with van der Waals surface area (Å²) < 4.78 is 10.5. The molecule has 1 rings (SSSR count). The summed E-state index contributed by atoms with van der Waals surface area (Å²) in [5.41, 5.74) is 0. The zero-order valence-electron chi connectivity index (χ0n) is 5.55. The molecule has 0 spiro atoms. The van der Waals surface area contributed by atoms with Crippen molar-refractivity contribution in [3.63, 3.8) is 0 Å². The van der Waals surface area contributed by atoms with Crippen molar-refractivity contribution in [2.45, 2.75) is 39.3 Å². The third-order valence-electron chi connectivity index (χ3n) is 1.47. The minimum Gasteiger partial charge on any atom is -0.347 e. The molecule has 1 saturated heterocycles. The predicted octanol–water partition coefficient (Wildman–Crippen LogP) is 1.16. The topological polar surface area (TPSA) is 18.5 Å². The highest BCUT2D eigenvalue weighted by Crippen LogP contribution is 2.16. The molecule has 1 unspecified atom stereocenters. The lowest BCUT2D eigenvalue weighted by atomic mass is 10.3. The van der Waals surface area contributed by atoms with Gasteiger partial charge in [-0.2, -0.15) is 0 Å². The molecular weight excluding hydrogens is 104 g/mol. The molecule has 1 aliphatic heterocycles. The van der Waals surface area contributed by atoms with E-state index in [1.807, 2.05) is 20.8 Å². The normalized spacial score (nSPS) is 47.6. The maximum Gasteiger partial charge on any atom is 0.155 e. The van der Waals surface area contributed by atoms with Gasteiger partial charge in [-0.05, 0) is 20.8 Å². The minimum absolute atomic E-state index is 0.000000000000000222. The lowest BCUT2D eigenvalue weighted by molar-refractivity contribution is -0.0470. The molecule has 0 bridgehead atoms. The van der Waals surface area contributed by atoms with E-state index in [-0.39, 0.29) is 18.5 Å². The van der Waals surface area contributed by atoms with Gasteiger partial charge >= 0.3 is 0 Å². The van der Waals surface area contributed by atoms with E-state index in [1.165, 1.54) is 0 Å². The maximum atomic E-state index is 5.25. The second-order valence-electron chi connectivity index (χ2n) is 2.25. The Kier molecular flexibility index (Phi) is 1.54. The van der Waals surface area contributed by atoms with E-state index in [1.54, 1.807) is 0 Å². The van der Waals surface area contributed by atoms with E-state index in [2.05, 4.69) is 0 Å². The molecule has 0 saturated carbocycles. The molecule has 0 aromatic rings. The SMILES string of the molecule is CC1O[C@@H](C)[C@@H](C)O1. The van der Waals surface area contributed by atoms with Crippen LogP contribution < -0.4 is 0 Å². The van der Waals surface area contributed by atoms with Crippen molar-refractivity contribution in [2.24, 2.45) is 0 Å². The Balaban J connectivity index is 2.39. The van der Waals surface area contributed by atoms with Crippen LogP contribution >= 0.6 is 0 Å². The van der Waals surface area contributed by atoms with Crippen LogP contribution in [0.4, 0.5) is 0 Å². The average molecular weight is 116 g/mol. The molecule has 0 amide bonds. The van der Waals surface area contributed by atoms with Crippen LogP contribution in [0.3, 0.4) is 0 Å². The molecule has 3 atom stereocenters. The van der Waals surface area contributed by atoms with Crippen LogP contribution in [0.1, 0.15) is 20.8 Å². The van der Waals surface area contributed by atoms with E-state index >= 15 is 0 Å². The second kappa shape index (κ2) is 2.03. The molecule has 2 heteroatoms. The zero-order chi connectivity index (χ0) is 6.15. The second-order valence-corrected chi connectivity index (χ2v) is 2.25. The van der Waals surface area contributed by atoms with Crippen molar-refractivity contribution in [3.8, 4) is 0 Å². The molecule has 1 aliphatic rings. The number of ether oxygens (including phenoxy) is 2. The molecule has 0 aromatic heterocycles. The molecule has 0 radical (unpaired) electrons.